The number of aromatic nitrogens is 1. The second kappa shape index (κ2) is 5.18. The van der Waals surface area contributed by atoms with E-state index in [2.05, 4.69) is 10.3 Å². The maximum atomic E-state index is 10.8. The minimum atomic E-state index is -0.902. The van der Waals surface area contributed by atoms with Gasteiger partial charge in [0.2, 0.25) is 0 Å². The van der Waals surface area contributed by atoms with Gasteiger partial charge in [-0.2, -0.15) is 0 Å². The minimum Gasteiger partial charge on any atom is -0.389 e. The summed E-state index contributed by atoms with van der Waals surface area (Å²) in [6.45, 7) is 3.66. The normalized spacial score (nSPS) is 11.2. The summed E-state index contributed by atoms with van der Waals surface area (Å²) in [6, 6.07) is 2.74. The second-order valence-electron chi connectivity index (χ2n) is 4.74. The first kappa shape index (κ1) is 14.2. The zero-order valence-corrected chi connectivity index (χ0v) is 11.0. The topological polar surface area (TPSA) is 91.5 Å². The first-order valence-electron chi connectivity index (χ1n) is 5.50. The predicted molar refractivity (Wildman–Crippen MR) is 70.0 cm³/mol. The molecule has 1 rings (SSSR count). The maximum absolute atomic E-state index is 10.8. The van der Waals surface area contributed by atoms with E-state index in [1.807, 2.05) is 0 Å². The number of pyridine rings is 1. The minimum absolute atomic E-state index is 0.0352. The van der Waals surface area contributed by atoms with Crippen molar-refractivity contribution in [2.24, 2.45) is 0 Å². The smallest absolute Gasteiger partial charge is 0.276 e. The molecule has 2 N–H and O–H groups in total. The lowest BCUT2D eigenvalue weighted by Gasteiger charge is -2.26. The van der Waals surface area contributed by atoms with E-state index in [0.717, 1.165) is 0 Å². The third-order valence-corrected chi connectivity index (χ3v) is 2.28. The van der Waals surface area contributed by atoms with Gasteiger partial charge in [-0.3, -0.25) is 10.1 Å². The summed E-state index contributed by atoms with van der Waals surface area (Å²) >= 11 is 0. The van der Waals surface area contributed by atoms with Crippen molar-refractivity contribution in [2.75, 3.05) is 30.9 Å². The lowest BCUT2D eigenvalue weighted by Crippen LogP contribution is -2.36. The number of likely N-dealkylation sites (N-methyl/N-ethyl adjacent to an activating group) is 1. The average molecular weight is 254 g/mol. The molecule has 0 fully saturated rings. The van der Waals surface area contributed by atoms with E-state index in [0.29, 0.717) is 18.2 Å². The van der Waals surface area contributed by atoms with Crippen molar-refractivity contribution in [2.45, 2.75) is 19.4 Å². The number of nitrogens with one attached hydrogen (secondary N) is 1. The number of nitro groups is 1. The molecule has 0 bridgehead atoms. The van der Waals surface area contributed by atoms with Crippen LogP contribution >= 0.6 is 0 Å². The summed E-state index contributed by atoms with van der Waals surface area (Å²) in [4.78, 5) is 16.2. The van der Waals surface area contributed by atoms with E-state index < -0.39 is 10.5 Å². The number of hydrogen-bond donors (Lipinski definition) is 2. The highest BCUT2D eigenvalue weighted by molar-refractivity contribution is 5.55. The largest absolute Gasteiger partial charge is 0.389 e. The summed E-state index contributed by atoms with van der Waals surface area (Å²) in [5.74, 6) is 0.859. The van der Waals surface area contributed by atoms with Gasteiger partial charge in [0.1, 0.15) is 11.6 Å². The molecule has 7 heteroatoms. The van der Waals surface area contributed by atoms with Crippen LogP contribution in [0.5, 0.6) is 0 Å². The number of nitrogens with zero attached hydrogens (tertiary/aromatic N) is 3. The summed E-state index contributed by atoms with van der Waals surface area (Å²) in [5.41, 5.74) is -0.937. The van der Waals surface area contributed by atoms with Crippen molar-refractivity contribution < 1.29 is 10.0 Å². The highest BCUT2D eigenvalue weighted by atomic mass is 16.6. The van der Waals surface area contributed by atoms with Crippen LogP contribution in [0.3, 0.4) is 0 Å². The Morgan fingerprint density at radius 1 is 1.56 bits per heavy atom. The zero-order valence-electron chi connectivity index (χ0n) is 11.0. The van der Waals surface area contributed by atoms with Gasteiger partial charge in [0.05, 0.1) is 22.7 Å². The molecular weight excluding hydrogens is 236 g/mol. The molecule has 0 saturated heterocycles. The summed E-state index contributed by atoms with van der Waals surface area (Å²) in [5, 5.41) is 23.3. The standard InChI is InChI=1S/C11H18N4O3/c1-11(2,16)7-14(4)10-6-8(15(17)18)5-9(12-3)13-10/h5-6,16H,7H2,1-4H3,(H,12,13). The number of aliphatic hydroxyl groups is 1. The molecule has 0 aliphatic rings. The third-order valence-electron chi connectivity index (χ3n) is 2.28. The van der Waals surface area contributed by atoms with Crippen LogP contribution in [0, 0.1) is 10.1 Å². The molecule has 0 aliphatic heterocycles. The predicted octanol–water partition coefficient (Wildman–Crippen LogP) is 1.24. The summed E-state index contributed by atoms with van der Waals surface area (Å²) < 4.78 is 0. The van der Waals surface area contributed by atoms with Gasteiger partial charge in [-0.05, 0) is 13.8 Å². The van der Waals surface area contributed by atoms with Crippen LogP contribution in [-0.2, 0) is 0 Å². The fraction of sp³-hybridized carbons (Fsp3) is 0.545. The van der Waals surface area contributed by atoms with Crippen LogP contribution in [0.15, 0.2) is 12.1 Å². The molecule has 0 aliphatic carbocycles. The molecule has 0 unspecified atom stereocenters. The lowest BCUT2D eigenvalue weighted by atomic mass is 10.1. The van der Waals surface area contributed by atoms with E-state index >= 15 is 0 Å². The molecule has 0 amide bonds. The Kier molecular flexibility index (Phi) is 4.07. The van der Waals surface area contributed by atoms with Crippen molar-refractivity contribution in [1.82, 2.24) is 4.98 Å². The summed E-state index contributed by atoms with van der Waals surface area (Å²) in [6.07, 6.45) is 0. The third kappa shape index (κ3) is 3.85. The van der Waals surface area contributed by atoms with E-state index in [-0.39, 0.29) is 5.69 Å². The first-order chi connectivity index (χ1) is 8.23. The lowest BCUT2D eigenvalue weighted by molar-refractivity contribution is -0.384. The van der Waals surface area contributed by atoms with Gasteiger partial charge < -0.3 is 15.3 Å². The number of hydrogen-bond acceptors (Lipinski definition) is 6. The number of anilines is 2. The van der Waals surface area contributed by atoms with Crippen LogP contribution in [0.25, 0.3) is 0 Å². The fourth-order valence-electron chi connectivity index (χ4n) is 1.59. The van der Waals surface area contributed by atoms with E-state index in [4.69, 9.17) is 0 Å². The Balaban J connectivity index is 3.07. The van der Waals surface area contributed by atoms with Crippen LogP contribution in [-0.4, -0.2) is 41.3 Å². The SMILES string of the molecule is CNc1cc([N+](=O)[O-])cc(N(C)CC(C)(C)O)n1. The van der Waals surface area contributed by atoms with Crippen LogP contribution in [0.2, 0.25) is 0 Å². The van der Waals surface area contributed by atoms with Gasteiger partial charge >= 0.3 is 0 Å². The molecule has 1 aromatic rings. The Morgan fingerprint density at radius 3 is 2.61 bits per heavy atom. The number of rotatable bonds is 5. The Morgan fingerprint density at radius 2 is 2.17 bits per heavy atom. The molecule has 1 heterocycles. The van der Waals surface area contributed by atoms with Gasteiger partial charge in [0.25, 0.3) is 5.69 Å². The van der Waals surface area contributed by atoms with Crippen molar-refractivity contribution in [1.29, 1.82) is 0 Å². The van der Waals surface area contributed by atoms with Gasteiger partial charge in [0, 0.05) is 20.6 Å². The highest BCUT2D eigenvalue weighted by Gasteiger charge is 2.19. The molecule has 0 atom stereocenters. The molecule has 0 aromatic carbocycles. The van der Waals surface area contributed by atoms with Crippen LogP contribution in [0.4, 0.5) is 17.3 Å². The monoisotopic (exact) mass is 254 g/mol. The van der Waals surface area contributed by atoms with Crippen molar-refractivity contribution in [3.63, 3.8) is 0 Å². The average Bonchev–Trinajstić information content (AvgIpc) is 2.26. The molecule has 7 nitrogen and oxygen atoms in total. The summed E-state index contributed by atoms with van der Waals surface area (Å²) in [7, 11) is 3.37. The van der Waals surface area contributed by atoms with Gasteiger partial charge in [-0.1, -0.05) is 0 Å². The Labute approximate surface area is 106 Å². The van der Waals surface area contributed by atoms with Gasteiger partial charge in [-0.15, -0.1) is 0 Å². The Hall–Kier alpha value is -1.89. The van der Waals surface area contributed by atoms with Crippen LogP contribution < -0.4 is 10.2 Å². The van der Waals surface area contributed by atoms with E-state index in [9.17, 15) is 15.2 Å². The van der Waals surface area contributed by atoms with E-state index in [1.165, 1.54) is 12.1 Å². The fourth-order valence-corrected chi connectivity index (χ4v) is 1.59. The Bertz CT molecular complexity index is 442. The molecule has 18 heavy (non-hydrogen) atoms. The molecule has 100 valence electrons. The molecule has 0 radical (unpaired) electrons. The molecule has 0 spiro atoms. The van der Waals surface area contributed by atoms with Crippen LogP contribution in [0.1, 0.15) is 13.8 Å². The molecular formula is C11H18N4O3. The van der Waals surface area contributed by atoms with Gasteiger partial charge in [0.15, 0.2) is 0 Å². The van der Waals surface area contributed by atoms with Gasteiger partial charge in [-0.25, -0.2) is 4.98 Å². The zero-order chi connectivity index (χ0) is 13.9. The molecule has 1 aromatic heterocycles. The second-order valence-corrected chi connectivity index (χ2v) is 4.74. The van der Waals surface area contributed by atoms with Crippen molar-refractivity contribution in [3.8, 4) is 0 Å². The maximum Gasteiger partial charge on any atom is 0.276 e. The van der Waals surface area contributed by atoms with Crippen molar-refractivity contribution in [3.05, 3.63) is 22.2 Å². The quantitative estimate of drug-likeness (QED) is 0.606. The highest BCUT2D eigenvalue weighted by Crippen LogP contribution is 2.23. The van der Waals surface area contributed by atoms with Crippen molar-refractivity contribution >= 4 is 17.3 Å². The first-order valence-corrected chi connectivity index (χ1v) is 5.50. The molecule has 0 saturated carbocycles. The van der Waals surface area contributed by atoms with E-state index in [1.54, 1.807) is 32.8 Å².